The van der Waals surface area contributed by atoms with Crippen LogP contribution in [0, 0.1) is 0 Å². The van der Waals surface area contributed by atoms with E-state index in [0.717, 1.165) is 23.4 Å². The molecule has 1 unspecified atom stereocenters. The number of halogens is 1. The summed E-state index contributed by atoms with van der Waals surface area (Å²) in [4.78, 5) is 21.4. The number of aromatic amines is 1. The molecule has 0 saturated carbocycles. The van der Waals surface area contributed by atoms with Crippen LogP contribution in [0.25, 0.3) is 16.7 Å². The van der Waals surface area contributed by atoms with E-state index >= 15 is 0 Å². The summed E-state index contributed by atoms with van der Waals surface area (Å²) in [6, 6.07) is 9.46. The number of thioether (sulfide) groups is 1. The number of benzene rings is 1. The first-order chi connectivity index (χ1) is 12.0. The summed E-state index contributed by atoms with van der Waals surface area (Å²) in [6.07, 6.45) is 2.36. The zero-order valence-corrected chi connectivity index (χ0v) is 15.1. The summed E-state index contributed by atoms with van der Waals surface area (Å²) in [7, 11) is 0. The summed E-state index contributed by atoms with van der Waals surface area (Å²) in [5.41, 5.74) is 8.02. The molecule has 0 fully saturated rings. The van der Waals surface area contributed by atoms with Crippen LogP contribution in [0.3, 0.4) is 0 Å². The molecule has 0 saturated heterocycles. The third-order valence-electron chi connectivity index (χ3n) is 4.41. The number of nitrogens with one attached hydrogen (secondary N) is 1. The number of pyridine rings is 1. The Labute approximate surface area is 153 Å². The van der Waals surface area contributed by atoms with E-state index in [1.807, 2.05) is 24.3 Å². The van der Waals surface area contributed by atoms with E-state index in [4.69, 9.17) is 17.3 Å². The fraction of sp³-hybridized carbons (Fsp3) is 0.235. The summed E-state index contributed by atoms with van der Waals surface area (Å²) in [5, 5.41) is 4.14. The highest BCUT2D eigenvalue weighted by atomic mass is 35.5. The topological polar surface area (TPSA) is 89.1 Å². The molecule has 1 aliphatic heterocycles. The number of fused-ring (bicyclic) bond motifs is 1. The SMILES string of the molecule is CC1(c2cccc(-n3[nH]c4cc(Cl)cnc4c3=O)c2)CCSC(N)=N1. The summed E-state index contributed by atoms with van der Waals surface area (Å²) >= 11 is 7.53. The molecule has 0 bridgehead atoms. The molecule has 3 N–H and O–H groups in total. The van der Waals surface area contributed by atoms with Gasteiger partial charge in [0.05, 0.1) is 21.8 Å². The predicted molar refractivity (Wildman–Crippen MR) is 103 cm³/mol. The first-order valence-corrected chi connectivity index (χ1v) is 9.18. The second kappa shape index (κ2) is 5.93. The van der Waals surface area contributed by atoms with Crippen LogP contribution in [-0.4, -0.2) is 25.7 Å². The van der Waals surface area contributed by atoms with Crippen LogP contribution in [0.5, 0.6) is 0 Å². The van der Waals surface area contributed by atoms with E-state index < -0.39 is 0 Å². The highest BCUT2D eigenvalue weighted by molar-refractivity contribution is 8.13. The molecule has 6 nitrogen and oxygen atoms in total. The van der Waals surface area contributed by atoms with Crippen molar-refractivity contribution in [2.24, 2.45) is 10.7 Å². The number of aromatic nitrogens is 3. The Kier molecular flexibility index (Phi) is 3.85. The minimum absolute atomic E-state index is 0.212. The van der Waals surface area contributed by atoms with Crippen molar-refractivity contribution in [2.45, 2.75) is 18.9 Å². The van der Waals surface area contributed by atoms with E-state index in [2.05, 4.69) is 22.0 Å². The summed E-state index contributed by atoms with van der Waals surface area (Å²) in [6.45, 7) is 2.06. The number of amidine groups is 1. The molecule has 3 aromatic rings. The Morgan fingerprint density at radius 1 is 1.40 bits per heavy atom. The van der Waals surface area contributed by atoms with Crippen LogP contribution in [-0.2, 0) is 5.54 Å². The van der Waals surface area contributed by atoms with Gasteiger partial charge in [-0.2, -0.15) is 0 Å². The number of nitrogens with two attached hydrogens (primary N) is 1. The zero-order valence-electron chi connectivity index (χ0n) is 13.5. The zero-order chi connectivity index (χ0) is 17.6. The lowest BCUT2D eigenvalue weighted by Gasteiger charge is -2.30. The third kappa shape index (κ3) is 2.83. The first kappa shape index (κ1) is 16.2. The second-order valence-electron chi connectivity index (χ2n) is 6.17. The van der Waals surface area contributed by atoms with Gasteiger partial charge < -0.3 is 5.73 Å². The number of H-pyrrole nitrogens is 1. The molecular formula is C17H16ClN5OS. The van der Waals surface area contributed by atoms with Crippen LogP contribution in [0.4, 0.5) is 0 Å². The van der Waals surface area contributed by atoms with Gasteiger partial charge in [0, 0.05) is 11.9 Å². The molecule has 25 heavy (non-hydrogen) atoms. The molecule has 0 spiro atoms. The van der Waals surface area contributed by atoms with Crippen molar-refractivity contribution in [2.75, 3.05) is 5.75 Å². The van der Waals surface area contributed by atoms with E-state index in [-0.39, 0.29) is 11.1 Å². The summed E-state index contributed by atoms with van der Waals surface area (Å²) < 4.78 is 1.48. The van der Waals surface area contributed by atoms with E-state index in [9.17, 15) is 4.79 Å². The molecule has 1 atom stereocenters. The molecule has 3 heterocycles. The maximum absolute atomic E-state index is 12.6. The van der Waals surface area contributed by atoms with Gasteiger partial charge in [-0.15, -0.1) is 0 Å². The van der Waals surface area contributed by atoms with Crippen molar-refractivity contribution in [3.63, 3.8) is 0 Å². The van der Waals surface area contributed by atoms with Gasteiger partial charge in [-0.25, -0.2) is 9.67 Å². The minimum Gasteiger partial charge on any atom is -0.379 e. The van der Waals surface area contributed by atoms with E-state index in [1.54, 1.807) is 17.8 Å². The number of hydrogen-bond donors (Lipinski definition) is 2. The number of hydrogen-bond acceptors (Lipinski definition) is 5. The fourth-order valence-electron chi connectivity index (χ4n) is 3.03. The van der Waals surface area contributed by atoms with Gasteiger partial charge in [0.15, 0.2) is 10.7 Å². The van der Waals surface area contributed by atoms with Gasteiger partial charge in [0.1, 0.15) is 0 Å². The van der Waals surface area contributed by atoms with Crippen LogP contribution in [0.1, 0.15) is 18.9 Å². The van der Waals surface area contributed by atoms with Gasteiger partial charge in [0.2, 0.25) is 0 Å². The van der Waals surface area contributed by atoms with Crippen molar-refractivity contribution in [3.05, 3.63) is 57.5 Å². The molecule has 1 aliphatic rings. The van der Waals surface area contributed by atoms with Gasteiger partial charge in [-0.05, 0) is 37.1 Å². The molecule has 1 aromatic carbocycles. The van der Waals surface area contributed by atoms with Crippen molar-refractivity contribution >= 4 is 39.6 Å². The molecule has 8 heteroatoms. The molecule has 0 radical (unpaired) electrons. The third-order valence-corrected chi connectivity index (χ3v) is 5.42. The largest absolute Gasteiger partial charge is 0.379 e. The maximum Gasteiger partial charge on any atom is 0.297 e. The smallest absolute Gasteiger partial charge is 0.297 e. The quantitative estimate of drug-likeness (QED) is 0.722. The van der Waals surface area contributed by atoms with E-state index in [1.165, 1.54) is 10.9 Å². The number of nitrogens with zero attached hydrogens (tertiary/aromatic N) is 3. The van der Waals surface area contributed by atoms with Crippen LogP contribution in [0.2, 0.25) is 5.02 Å². The van der Waals surface area contributed by atoms with Gasteiger partial charge in [-0.1, -0.05) is 35.5 Å². The average molecular weight is 374 g/mol. The number of aliphatic imine (C=N–C) groups is 1. The molecule has 0 amide bonds. The molecule has 2 aromatic heterocycles. The molecule has 4 rings (SSSR count). The van der Waals surface area contributed by atoms with Crippen molar-refractivity contribution in [1.82, 2.24) is 14.8 Å². The first-order valence-electron chi connectivity index (χ1n) is 7.82. The van der Waals surface area contributed by atoms with Crippen molar-refractivity contribution < 1.29 is 0 Å². The Bertz CT molecular complexity index is 1060. The fourth-order valence-corrected chi connectivity index (χ4v) is 4.16. The van der Waals surface area contributed by atoms with Crippen LogP contribution in [0.15, 0.2) is 46.3 Å². The Hall–Kier alpha value is -2.25. The highest BCUT2D eigenvalue weighted by Crippen LogP contribution is 2.35. The predicted octanol–water partition coefficient (Wildman–Crippen LogP) is 3.03. The Morgan fingerprint density at radius 2 is 2.24 bits per heavy atom. The van der Waals surface area contributed by atoms with Crippen molar-refractivity contribution in [3.8, 4) is 5.69 Å². The van der Waals surface area contributed by atoms with Gasteiger partial charge in [-0.3, -0.25) is 14.9 Å². The van der Waals surface area contributed by atoms with Crippen LogP contribution < -0.4 is 11.3 Å². The number of rotatable bonds is 2. The monoisotopic (exact) mass is 373 g/mol. The maximum atomic E-state index is 12.6. The lowest BCUT2D eigenvalue weighted by molar-refractivity contribution is 0.481. The molecule has 128 valence electrons. The highest BCUT2D eigenvalue weighted by Gasteiger charge is 2.29. The lowest BCUT2D eigenvalue weighted by atomic mass is 9.89. The molecule has 0 aliphatic carbocycles. The average Bonchev–Trinajstić information content (AvgIpc) is 2.91. The van der Waals surface area contributed by atoms with E-state index in [0.29, 0.717) is 21.2 Å². The molecular weight excluding hydrogens is 358 g/mol. The Morgan fingerprint density at radius 3 is 3.04 bits per heavy atom. The lowest BCUT2D eigenvalue weighted by Crippen LogP contribution is -2.29. The minimum atomic E-state index is -0.386. The summed E-state index contributed by atoms with van der Waals surface area (Å²) in [5.74, 6) is 0.921. The van der Waals surface area contributed by atoms with Crippen LogP contribution >= 0.6 is 23.4 Å². The normalized spacial score (nSPS) is 20.6. The standard InChI is InChI=1S/C17H16ClN5OS/c1-17(5-6-25-16(19)21-17)10-3-2-4-12(7-10)23-15(24)14-13(22-23)8-11(18)9-20-14/h2-4,7-9,22H,5-6H2,1H3,(H2,19,21). The second-order valence-corrected chi connectivity index (χ2v) is 7.73. The van der Waals surface area contributed by atoms with Gasteiger partial charge >= 0.3 is 0 Å². The van der Waals surface area contributed by atoms with Crippen molar-refractivity contribution in [1.29, 1.82) is 0 Å². The van der Waals surface area contributed by atoms with Gasteiger partial charge in [0.25, 0.3) is 5.56 Å². The Balaban J connectivity index is 1.84.